The Labute approximate surface area is 138 Å². The Morgan fingerprint density at radius 2 is 1.95 bits per heavy atom. The van der Waals surface area contributed by atoms with E-state index in [9.17, 15) is 9.59 Å². The van der Waals surface area contributed by atoms with Crippen LogP contribution in [0.4, 0.5) is 0 Å². The van der Waals surface area contributed by atoms with E-state index in [2.05, 4.69) is 12.1 Å². The summed E-state index contributed by atoms with van der Waals surface area (Å²) in [5.41, 5.74) is -0.266. The van der Waals surface area contributed by atoms with Gasteiger partial charge in [-0.25, -0.2) is 0 Å². The number of methoxy groups -OCH3 is 1. The number of likely N-dealkylation sites (tertiary alicyclic amines) is 1. The number of ether oxygens (including phenoxy) is 1. The van der Waals surface area contributed by atoms with E-state index in [0.717, 1.165) is 5.32 Å². The third kappa shape index (κ3) is 3.71. The van der Waals surface area contributed by atoms with Crippen LogP contribution in [0.2, 0.25) is 5.32 Å². The first-order valence-corrected chi connectivity index (χ1v) is 9.48. The van der Waals surface area contributed by atoms with Crippen LogP contribution in [0.25, 0.3) is 0 Å². The molecule has 1 aliphatic rings. The fourth-order valence-electron chi connectivity index (χ4n) is 2.69. The Kier molecular flexibility index (Phi) is 5.30. The maximum absolute atomic E-state index is 12.6. The van der Waals surface area contributed by atoms with E-state index in [0.29, 0.717) is 6.54 Å². The number of benzene rings is 1. The second-order valence-electron chi connectivity index (χ2n) is 6.50. The quantitative estimate of drug-likeness (QED) is 0.460. The van der Waals surface area contributed by atoms with E-state index >= 15 is 0 Å². The van der Waals surface area contributed by atoms with E-state index in [-0.39, 0.29) is 32.3 Å². The molecule has 1 aliphatic heterocycles. The van der Waals surface area contributed by atoms with Gasteiger partial charge in [0.2, 0.25) is 0 Å². The molecule has 4 nitrogen and oxygen atoms in total. The molecule has 120 valence electrons. The molecule has 0 aliphatic carbocycles. The van der Waals surface area contributed by atoms with Crippen molar-refractivity contribution in [3.63, 3.8) is 0 Å². The average Bonchev–Trinajstić information content (AvgIpc) is 2.82. The summed E-state index contributed by atoms with van der Waals surface area (Å²) in [6.45, 7) is 6.65. The number of hydrogen-bond acceptors (Lipinski definition) is 3. The van der Waals surface area contributed by atoms with Gasteiger partial charge in [0.15, 0.2) is 0 Å². The van der Waals surface area contributed by atoms with Gasteiger partial charge in [-0.05, 0) is 0 Å². The van der Waals surface area contributed by atoms with E-state index in [1.54, 1.807) is 0 Å². The van der Waals surface area contributed by atoms with E-state index in [1.165, 1.54) is 11.6 Å². The number of carbonyl (C=O) groups excluding carboxylic acids is 2. The third-order valence-corrected chi connectivity index (χ3v) is 6.41. The first-order valence-electron chi connectivity index (χ1n) is 7.41. The van der Waals surface area contributed by atoms with Crippen molar-refractivity contribution in [2.75, 3.05) is 13.7 Å². The van der Waals surface area contributed by atoms with Gasteiger partial charge in [0.1, 0.15) is 0 Å². The molecular formula is C17H23NO3Se. The van der Waals surface area contributed by atoms with Crippen molar-refractivity contribution in [2.24, 2.45) is 11.8 Å². The van der Waals surface area contributed by atoms with Gasteiger partial charge in [-0.2, -0.15) is 0 Å². The van der Waals surface area contributed by atoms with Gasteiger partial charge in [-0.1, -0.05) is 0 Å². The normalized spacial score (nSPS) is 22.0. The Bertz CT molecular complexity index is 539. The summed E-state index contributed by atoms with van der Waals surface area (Å²) < 4.78 is 6.16. The molecule has 1 aromatic rings. The second kappa shape index (κ2) is 6.84. The van der Waals surface area contributed by atoms with Gasteiger partial charge in [-0.3, -0.25) is 0 Å². The molecule has 0 unspecified atom stereocenters. The molecule has 1 fully saturated rings. The molecular weight excluding hydrogens is 345 g/mol. The number of nitrogens with zero attached hydrogens (tertiary/aromatic N) is 1. The number of esters is 1. The van der Waals surface area contributed by atoms with Crippen molar-refractivity contribution >= 4 is 31.3 Å². The molecule has 1 amide bonds. The molecule has 2 rings (SSSR count). The Hall–Kier alpha value is -1.32. The molecule has 5 heteroatoms. The predicted molar refractivity (Wildman–Crippen MR) is 87.1 cm³/mol. The Morgan fingerprint density at radius 3 is 2.50 bits per heavy atom. The fourth-order valence-corrected chi connectivity index (χ4v) is 4.90. The van der Waals surface area contributed by atoms with Crippen LogP contribution >= 0.6 is 0 Å². The average molecular weight is 368 g/mol. The van der Waals surface area contributed by atoms with E-state index < -0.39 is 11.9 Å². The summed E-state index contributed by atoms with van der Waals surface area (Å²) in [5.74, 6) is -1.09. The van der Waals surface area contributed by atoms with Crippen LogP contribution in [0.5, 0.6) is 0 Å². The van der Waals surface area contributed by atoms with Gasteiger partial charge >= 0.3 is 138 Å². The van der Waals surface area contributed by atoms with Crippen molar-refractivity contribution in [1.29, 1.82) is 0 Å². The van der Waals surface area contributed by atoms with Crippen molar-refractivity contribution < 1.29 is 14.3 Å². The van der Waals surface area contributed by atoms with E-state index in [4.69, 9.17) is 4.74 Å². The minimum absolute atomic E-state index is 0.0411. The molecule has 0 bridgehead atoms. The molecule has 0 N–H and O–H groups in total. The van der Waals surface area contributed by atoms with Gasteiger partial charge in [0.25, 0.3) is 0 Å². The summed E-state index contributed by atoms with van der Waals surface area (Å²) >= 11 is 0.256. The summed E-state index contributed by atoms with van der Waals surface area (Å²) in [7, 11) is 1.36. The zero-order chi connectivity index (χ0) is 16.3. The maximum atomic E-state index is 12.6. The predicted octanol–water partition coefficient (Wildman–Crippen LogP) is 1.48. The van der Waals surface area contributed by atoms with Crippen LogP contribution in [-0.2, 0) is 14.3 Å². The van der Waals surface area contributed by atoms with Gasteiger partial charge in [-0.15, -0.1) is 0 Å². The van der Waals surface area contributed by atoms with Crippen molar-refractivity contribution in [2.45, 2.75) is 31.6 Å². The van der Waals surface area contributed by atoms with Gasteiger partial charge in [0.05, 0.1) is 0 Å². The van der Waals surface area contributed by atoms with Crippen molar-refractivity contribution in [3.05, 3.63) is 30.3 Å². The SMILES string of the molecule is COC(=O)[C@@H]1C(=O)N(C(C)(C)C)C[C@H]1C[Se]c1ccccc1. The monoisotopic (exact) mass is 369 g/mol. The first-order chi connectivity index (χ1) is 10.3. The van der Waals surface area contributed by atoms with Crippen LogP contribution in [0.15, 0.2) is 30.3 Å². The van der Waals surface area contributed by atoms with Crippen LogP contribution in [0.3, 0.4) is 0 Å². The standard InChI is InChI=1S/C17H23NO3Se/c1-17(2,3)18-10-12(14(15(18)19)16(20)21-4)11-22-13-8-6-5-7-9-13/h5-9,12,14H,10-11H2,1-4H3/t12-,14-/m0/s1. The van der Waals surface area contributed by atoms with Crippen LogP contribution in [0.1, 0.15) is 20.8 Å². The number of carbonyl (C=O) groups is 2. The molecule has 2 atom stereocenters. The molecule has 1 saturated heterocycles. The minimum atomic E-state index is -0.644. The molecule has 0 spiro atoms. The number of rotatable bonds is 4. The summed E-state index contributed by atoms with van der Waals surface area (Å²) in [6, 6.07) is 10.3. The Balaban J connectivity index is 2.13. The number of amides is 1. The van der Waals surface area contributed by atoms with Crippen LogP contribution < -0.4 is 4.46 Å². The zero-order valence-electron chi connectivity index (χ0n) is 13.5. The number of hydrogen-bond donors (Lipinski definition) is 0. The Morgan fingerprint density at radius 1 is 1.32 bits per heavy atom. The second-order valence-corrected chi connectivity index (χ2v) is 8.80. The third-order valence-electron chi connectivity index (χ3n) is 3.89. The summed E-state index contributed by atoms with van der Waals surface area (Å²) in [6.07, 6.45) is 0. The van der Waals surface area contributed by atoms with Crippen molar-refractivity contribution in [3.8, 4) is 0 Å². The van der Waals surface area contributed by atoms with Crippen LogP contribution in [-0.4, -0.2) is 50.9 Å². The molecule has 0 aromatic heterocycles. The topological polar surface area (TPSA) is 46.6 Å². The molecule has 22 heavy (non-hydrogen) atoms. The summed E-state index contributed by atoms with van der Waals surface area (Å²) in [4.78, 5) is 26.5. The summed E-state index contributed by atoms with van der Waals surface area (Å²) in [5, 5.41) is 0.870. The first kappa shape index (κ1) is 17.0. The zero-order valence-corrected chi connectivity index (χ0v) is 15.2. The fraction of sp³-hybridized carbons (Fsp3) is 0.529. The molecule has 0 radical (unpaired) electrons. The molecule has 1 aromatic carbocycles. The van der Waals surface area contributed by atoms with Gasteiger partial charge < -0.3 is 0 Å². The van der Waals surface area contributed by atoms with Crippen molar-refractivity contribution in [1.82, 2.24) is 4.90 Å². The molecule has 0 saturated carbocycles. The van der Waals surface area contributed by atoms with Crippen LogP contribution in [0, 0.1) is 11.8 Å². The van der Waals surface area contributed by atoms with Gasteiger partial charge in [0, 0.05) is 0 Å². The molecule has 1 heterocycles. The van der Waals surface area contributed by atoms with E-state index in [1.807, 2.05) is 43.9 Å².